The van der Waals surface area contributed by atoms with Crippen LogP contribution in [0.2, 0.25) is 0 Å². The zero-order valence-corrected chi connectivity index (χ0v) is 15.8. The van der Waals surface area contributed by atoms with Crippen LogP contribution in [0.4, 0.5) is 21.7 Å². The van der Waals surface area contributed by atoms with Crippen LogP contribution in [0.3, 0.4) is 0 Å². The number of nitrogens with one attached hydrogen (secondary N) is 2. The van der Waals surface area contributed by atoms with E-state index in [1.807, 2.05) is 13.8 Å². The number of nitrogens with two attached hydrogens (primary N) is 2. The molecule has 0 aliphatic heterocycles. The van der Waals surface area contributed by atoms with Gasteiger partial charge in [-0.25, -0.2) is 14.4 Å². The predicted molar refractivity (Wildman–Crippen MR) is 107 cm³/mol. The molecule has 2 unspecified atom stereocenters. The Balaban J connectivity index is 1.99. The average Bonchev–Trinajstić information content (AvgIpc) is 2.63. The fraction of sp³-hybridized carbons (Fsp3) is 0.263. The van der Waals surface area contributed by atoms with Gasteiger partial charge in [-0.15, -0.1) is 0 Å². The molecule has 0 bridgehead atoms. The molecule has 2 aromatic heterocycles. The number of nitrogens with zero attached hydrogens (tertiary/aromatic N) is 3. The Morgan fingerprint density at radius 2 is 1.89 bits per heavy atom. The van der Waals surface area contributed by atoms with E-state index in [4.69, 9.17) is 11.5 Å². The number of anilines is 3. The number of benzene rings is 1. The lowest BCUT2D eigenvalue weighted by atomic mass is 10.1. The third-order valence-corrected chi connectivity index (χ3v) is 4.32. The normalized spacial score (nSPS) is 13.2. The van der Waals surface area contributed by atoms with Crippen molar-refractivity contribution in [3.05, 3.63) is 47.5 Å². The second-order valence-electron chi connectivity index (χ2n) is 6.71. The van der Waals surface area contributed by atoms with Gasteiger partial charge in [-0.05, 0) is 45.0 Å². The molecule has 2 heterocycles. The lowest BCUT2D eigenvalue weighted by Crippen LogP contribution is -2.35. The van der Waals surface area contributed by atoms with Gasteiger partial charge in [-0.2, -0.15) is 0 Å². The van der Waals surface area contributed by atoms with Crippen molar-refractivity contribution < 1.29 is 9.18 Å². The van der Waals surface area contributed by atoms with Crippen LogP contribution in [0.5, 0.6) is 0 Å². The smallest absolute Gasteiger partial charge is 0.252 e. The van der Waals surface area contributed by atoms with Crippen LogP contribution in [0.25, 0.3) is 11.0 Å². The van der Waals surface area contributed by atoms with Gasteiger partial charge in [-0.1, -0.05) is 0 Å². The first-order valence-electron chi connectivity index (χ1n) is 8.77. The monoisotopic (exact) mass is 383 g/mol. The second kappa shape index (κ2) is 7.73. The molecule has 0 fully saturated rings. The van der Waals surface area contributed by atoms with Crippen molar-refractivity contribution in [2.75, 3.05) is 10.6 Å². The number of rotatable bonds is 6. The van der Waals surface area contributed by atoms with Gasteiger partial charge < -0.3 is 22.1 Å². The van der Waals surface area contributed by atoms with Gasteiger partial charge in [0.1, 0.15) is 5.82 Å². The van der Waals surface area contributed by atoms with E-state index in [9.17, 15) is 9.18 Å². The summed E-state index contributed by atoms with van der Waals surface area (Å²) in [6.45, 7) is 5.47. The van der Waals surface area contributed by atoms with Crippen LogP contribution in [-0.4, -0.2) is 32.9 Å². The summed E-state index contributed by atoms with van der Waals surface area (Å²) >= 11 is 0. The number of carbonyl (C=O) groups excluding carboxylic acids is 1. The highest BCUT2D eigenvalue weighted by Crippen LogP contribution is 2.25. The van der Waals surface area contributed by atoms with Gasteiger partial charge in [0.15, 0.2) is 11.6 Å². The van der Waals surface area contributed by atoms with Crippen LogP contribution >= 0.6 is 0 Å². The summed E-state index contributed by atoms with van der Waals surface area (Å²) in [6, 6.07) is 5.92. The maximum Gasteiger partial charge on any atom is 0.252 e. The van der Waals surface area contributed by atoms with Crippen molar-refractivity contribution in [3.63, 3.8) is 0 Å². The summed E-state index contributed by atoms with van der Waals surface area (Å²) in [5.41, 5.74) is 14.0. The maximum absolute atomic E-state index is 14.4. The Morgan fingerprint density at radius 3 is 2.57 bits per heavy atom. The van der Waals surface area contributed by atoms with Crippen LogP contribution in [-0.2, 0) is 0 Å². The van der Waals surface area contributed by atoms with Gasteiger partial charge in [0.25, 0.3) is 5.91 Å². The van der Waals surface area contributed by atoms with Gasteiger partial charge >= 0.3 is 0 Å². The molecule has 28 heavy (non-hydrogen) atoms. The first kappa shape index (κ1) is 19.4. The molecule has 0 radical (unpaired) electrons. The first-order valence-corrected chi connectivity index (χ1v) is 8.77. The van der Waals surface area contributed by atoms with Crippen LogP contribution in [0, 0.1) is 12.7 Å². The van der Waals surface area contributed by atoms with Crippen molar-refractivity contribution in [3.8, 4) is 0 Å². The predicted octanol–water partition coefficient (Wildman–Crippen LogP) is 2.46. The number of pyridine rings is 1. The van der Waals surface area contributed by atoms with E-state index < -0.39 is 11.7 Å². The lowest BCUT2D eigenvalue weighted by Gasteiger charge is -2.20. The number of carbonyl (C=O) groups is 1. The summed E-state index contributed by atoms with van der Waals surface area (Å²) in [6.07, 6.45) is 1.66. The largest absolute Gasteiger partial charge is 0.365 e. The molecule has 6 N–H and O–H groups in total. The van der Waals surface area contributed by atoms with E-state index in [1.54, 1.807) is 31.3 Å². The Hall–Kier alpha value is -3.33. The lowest BCUT2D eigenvalue weighted by molar-refractivity contribution is 0.100. The van der Waals surface area contributed by atoms with Crippen LogP contribution in [0.1, 0.15) is 29.9 Å². The fourth-order valence-electron chi connectivity index (χ4n) is 2.54. The summed E-state index contributed by atoms with van der Waals surface area (Å²) in [5.74, 6) is -1.37. The van der Waals surface area contributed by atoms with Gasteiger partial charge in [0, 0.05) is 24.0 Å². The molecule has 2 atom stereocenters. The van der Waals surface area contributed by atoms with Crippen molar-refractivity contribution in [1.82, 2.24) is 15.0 Å². The maximum atomic E-state index is 14.4. The molecule has 1 amide bonds. The minimum Gasteiger partial charge on any atom is -0.365 e. The molecule has 0 spiro atoms. The number of hydrogen-bond donors (Lipinski definition) is 4. The van der Waals surface area contributed by atoms with E-state index in [0.717, 1.165) is 17.3 Å². The second-order valence-corrected chi connectivity index (χ2v) is 6.71. The standard InChI is InChI=1S/C19H22FN7O/c1-9-8-23-16-6-12(4-5-15(16)24-9)26-18-13(17(22)28)7-14(20)19(27-18)25-11(3)10(2)21/h4-8,10-11H,21H2,1-3H3,(H2,22,28)(H2,25,26,27). The summed E-state index contributed by atoms with van der Waals surface area (Å²) < 4.78 is 14.4. The minimum atomic E-state index is -0.795. The van der Waals surface area contributed by atoms with Crippen LogP contribution in [0.15, 0.2) is 30.5 Å². The molecule has 3 rings (SSSR count). The van der Waals surface area contributed by atoms with E-state index in [2.05, 4.69) is 25.6 Å². The third kappa shape index (κ3) is 4.15. The summed E-state index contributed by atoms with van der Waals surface area (Å²) in [5, 5.41) is 5.93. The Morgan fingerprint density at radius 1 is 1.14 bits per heavy atom. The van der Waals surface area contributed by atoms with Gasteiger partial charge in [-0.3, -0.25) is 9.78 Å². The van der Waals surface area contributed by atoms with Crippen molar-refractivity contribution in [1.29, 1.82) is 0 Å². The Bertz CT molecular complexity index is 1040. The van der Waals surface area contributed by atoms with Crippen LogP contribution < -0.4 is 22.1 Å². The molecule has 8 nitrogen and oxygen atoms in total. The molecular weight excluding hydrogens is 361 g/mol. The highest BCUT2D eigenvalue weighted by Gasteiger charge is 2.18. The summed E-state index contributed by atoms with van der Waals surface area (Å²) in [7, 11) is 0. The van der Waals surface area contributed by atoms with E-state index >= 15 is 0 Å². The Kier molecular flexibility index (Phi) is 5.36. The molecule has 0 aliphatic carbocycles. The number of fused-ring (bicyclic) bond motifs is 1. The number of primary amides is 1. The Labute approximate surface area is 161 Å². The summed E-state index contributed by atoms with van der Waals surface area (Å²) in [4.78, 5) is 24.7. The van der Waals surface area contributed by atoms with Gasteiger partial charge in [0.05, 0.1) is 22.3 Å². The number of hydrogen-bond acceptors (Lipinski definition) is 7. The quantitative estimate of drug-likeness (QED) is 0.514. The molecular formula is C19H22FN7O. The molecule has 3 aromatic rings. The third-order valence-electron chi connectivity index (χ3n) is 4.32. The topological polar surface area (TPSA) is 132 Å². The molecule has 0 aliphatic rings. The average molecular weight is 383 g/mol. The van der Waals surface area contributed by atoms with Crippen molar-refractivity contribution >= 4 is 34.3 Å². The van der Waals surface area contributed by atoms with Crippen molar-refractivity contribution in [2.24, 2.45) is 11.5 Å². The molecule has 9 heteroatoms. The number of halogens is 1. The fourth-order valence-corrected chi connectivity index (χ4v) is 2.54. The minimum absolute atomic E-state index is 0.0199. The van der Waals surface area contributed by atoms with Gasteiger partial charge in [0.2, 0.25) is 0 Å². The molecule has 146 valence electrons. The zero-order valence-electron chi connectivity index (χ0n) is 15.8. The molecule has 1 aromatic carbocycles. The zero-order chi connectivity index (χ0) is 20.4. The first-order chi connectivity index (χ1) is 13.2. The molecule has 0 saturated heterocycles. The van der Waals surface area contributed by atoms with E-state index in [0.29, 0.717) is 11.2 Å². The highest BCUT2D eigenvalue weighted by atomic mass is 19.1. The van der Waals surface area contributed by atoms with E-state index in [1.165, 1.54) is 0 Å². The molecule has 0 saturated carbocycles. The number of aromatic nitrogens is 3. The number of amides is 1. The van der Waals surface area contributed by atoms with Crippen molar-refractivity contribution in [2.45, 2.75) is 32.9 Å². The SMILES string of the molecule is Cc1cnc2cc(Nc3nc(NC(C)C(C)N)c(F)cc3C(N)=O)ccc2n1. The van der Waals surface area contributed by atoms with E-state index in [-0.39, 0.29) is 29.3 Å². The highest BCUT2D eigenvalue weighted by molar-refractivity contribution is 5.98. The number of aryl methyl sites for hydroxylation is 1.